The molecular weight excluding hydrogens is 276 g/mol. The first-order chi connectivity index (χ1) is 9.70. The van der Waals surface area contributed by atoms with Gasteiger partial charge in [-0.05, 0) is 24.1 Å². The van der Waals surface area contributed by atoms with Crippen molar-refractivity contribution in [1.82, 2.24) is 9.97 Å². The highest BCUT2D eigenvalue weighted by molar-refractivity contribution is 6.28. The van der Waals surface area contributed by atoms with Gasteiger partial charge in [0.1, 0.15) is 12.4 Å². The SMILES string of the molecule is C=C(OCC)c1nc(Cl)ncc1OCc1ccccc1. The average Bonchev–Trinajstić information content (AvgIpc) is 2.47. The van der Waals surface area contributed by atoms with Crippen molar-refractivity contribution in [3.63, 3.8) is 0 Å². The van der Waals surface area contributed by atoms with Gasteiger partial charge < -0.3 is 9.47 Å². The Morgan fingerprint density at radius 3 is 2.75 bits per heavy atom. The van der Waals surface area contributed by atoms with E-state index in [1.54, 1.807) is 0 Å². The molecule has 2 rings (SSSR count). The van der Waals surface area contributed by atoms with Crippen LogP contribution in [0.25, 0.3) is 5.76 Å². The Labute approximate surface area is 123 Å². The second-order valence-electron chi connectivity index (χ2n) is 3.98. The maximum Gasteiger partial charge on any atom is 0.223 e. The number of halogens is 1. The van der Waals surface area contributed by atoms with Crippen molar-refractivity contribution < 1.29 is 9.47 Å². The van der Waals surface area contributed by atoms with Gasteiger partial charge in [-0.25, -0.2) is 9.97 Å². The molecule has 0 saturated heterocycles. The molecule has 0 aliphatic carbocycles. The third kappa shape index (κ3) is 3.71. The van der Waals surface area contributed by atoms with Crippen LogP contribution in [0, 0.1) is 0 Å². The maximum atomic E-state index is 5.80. The molecule has 5 heteroatoms. The molecule has 2 aromatic rings. The van der Waals surface area contributed by atoms with Crippen molar-refractivity contribution in [3.05, 3.63) is 59.6 Å². The summed E-state index contributed by atoms with van der Waals surface area (Å²) in [5.41, 5.74) is 1.53. The molecule has 0 spiro atoms. The maximum absolute atomic E-state index is 5.80. The molecule has 1 aromatic carbocycles. The number of aromatic nitrogens is 2. The van der Waals surface area contributed by atoms with Crippen LogP contribution in [0.15, 0.2) is 43.1 Å². The van der Waals surface area contributed by atoms with Gasteiger partial charge in [0.15, 0.2) is 11.4 Å². The van der Waals surface area contributed by atoms with E-state index in [1.165, 1.54) is 6.20 Å². The second-order valence-corrected chi connectivity index (χ2v) is 4.32. The molecular formula is C15H15ClN2O2. The molecule has 1 aromatic heterocycles. The summed E-state index contributed by atoms with van der Waals surface area (Å²) in [5, 5.41) is 0.132. The summed E-state index contributed by atoms with van der Waals surface area (Å²) < 4.78 is 11.1. The van der Waals surface area contributed by atoms with Crippen LogP contribution in [0.5, 0.6) is 5.75 Å². The van der Waals surface area contributed by atoms with Crippen LogP contribution >= 0.6 is 11.6 Å². The average molecular weight is 291 g/mol. The van der Waals surface area contributed by atoms with Gasteiger partial charge >= 0.3 is 0 Å². The van der Waals surface area contributed by atoms with Gasteiger partial charge in [-0.15, -0.1) is 0 Å². The quantitative estimate of drug-likeness (QED) is 0.601. The molecule has 0 saturated carbocycles. The predicted molar refractivity (Wildman–Crippen MR) is 78.5 cm³/mol. The van der Waals surface area contributed by atoms with Crippen LogP contribution in [-0.4, -0.2) is 16.6 Å². The highest BCUT2D eigenvalue weighted by Gasteiger charge is 2.12. The molecule has 0 amide bonds. The van der Waals surface area contributed by atoms with Gasteiger partial charge in [0.25, 0.3) is 0 Å². The monoisotopic (exact) mass is 290 g/mol. The van der Waals surface area contributed by atoms with E-state index in [9.17, 15) is 0 Å². The van der Waals surface area contributed by atoms with Gasteiger partial charge in [0.2, 0.25) is 5.28 Å². The third-order valence-electron chi connectivity index (χ3n) is 2.55. The third-order valence-corrected chi connectivity index (χ3v) is 2.73. The van der Waals surface area contributed by atoms with Crippen molar-refractivity contribution in [2.45, 2.75) is 13.5 Å². The molecule has 20 heavy (non-hydrogen) atoms. The zero-order chi connectivity index (χ0) is 14.4. The molecule has 0 aliphatic rings. The first-order valence-corrected chi connectivity index (χ1v) is 6.60. The minimum atomic E-state index is 0.132. The molecule has 0 radical (unpaired) electrons. The Morgan fingerprint density at radius 1 is 1.30 bits per heavy atom. The topological polar surface area (TPSA) is 44.2 Å². The number of benzene rings is 1. The Hall–Kier alpha value is -2.07. The van der Waals surface area contributed by atoms with Gasteiger partial charge in [-0.2, -0.15) is 0 Å². The summed E-state index contributed by atoms with van der Waals surface area (Å²) in [6, 6.07) is 9.83. The van der Waals surface area contributed by atoms with Crippen LogP contribution < -0.4 is 4.74 Å². The highest BCUT2D eigenvalue weighted by atomic mass is 35.5. The fourth-order valence-electron chi connectivity index (χ4n) is 1.63. The summed E-state index contributed by atoms with van der Waals surface area (Å²) >= 11 is 5.80. The van der Waals surface area contributed by atoms with Crippen molar-refractivity contribution in [3.8, 4) is 5.75 Å². The van der Waals surface area contributed by atoms with E-state index in [0.717, 1.165) is 5.56 Å². The van der Waals surface area contributed by atoms with Gasteiger partial charge in [0.05, 0.1) is 12.8 Å². The number of rotatable bonds is 6. The fourth-order valence-corrected chi connectivity index (χ4v) is 1.77. The lowest BCUT2D eigenvalue weighted by Crippen LogP contribution is -2.03. The summed E-state index contributed by atoms with van der Waals surface area (Å²) in [6.07, 6.45) is 1.53. The first-order valence-electron chi connectivity index (χ1n) is 6.22. The smallest absolute Gasteiger partial charge is 0.223 e. The molecule has 0 atom stereocenters. The molecule has 0 N–H and O–H groups in total. The van der Waals surface area contributed by atoms with E-state index in [2.05, 4.69) is 16.5 Å². The summed E-state index contributed by atoms with van der Waals surface area (Å²) in [6.45, 7) is 6.61. The number of ether oxygens (including phenoxy) is 2. The molecule has 0 bridgehead atoms. The largest absolute Gasteiger partial charge is 0.492 e. The molecule has 104 valence electrons. The zero-order valence-electron chi connectivity index (χ0n) is 11.2. The van der Waals surface area contributed by atoms with Gasteiger partial charge in [0, 0.05) is 0 Å². The summed E-state index contributed by atoms with van der Waals surface area (Å²) in [7, 11) is 0. The van der Waals surface area contributed by atoms with E-state index in [4.69, 9.17) is 21.1 Å². The van der Waals surface area contributed by atoms with E-state index >= 15 is 0 Å². The van der Waals surface area contributed by atoms with Crippen molar-refractivity contribution in [2.75, 3.05) is 6.61 Å². The van der Waals surface area contributed by atoms with E-state index in [1.807, 2.05) is 37.3 Å². The Morgan fingerprint density at radius 2 is 2.05 bits per heavy atom. The van der Waals surface area contributed by atoms with E-state index in [-0.39, 0.29) is 5.28 Å². The number of hydrogen-bond acceptors (Lipinski definition) is 4. The summed E-state index contributed by atoms with van der Waals surface area (Å²) in [5.74, 6) is 0.913. The Kier molecular flexibility index (Phi) is 4.96. The number of nitrogens with zero attached hydrogens (tertiary/aromatic N) is 2. The molecule has 0 aliphatic heterocycles. The zero-order valence-corrected chi connectivity index (χ0v) is 11.9. The standard InChI is InChI=1S/C15H15ClN2O2/c1-3-19-11(2)14-13(9-17-15(16)18-14)20-10-12-7-5-4-6-8-12/h4-9H,2-3,10H2,1H3. The fraction of sp³-hybridized carbons (Fsp3) is 0.200. The molecule has 0 unspecified atom stereocenters. The Balaban J connectivity index is 2.16. The van der Waals surface area contributed by atoms with E-state index in [0.29, 0.717) is 30.4 Å². The van der Waals surface area contributed by atoms with Crippen LogP contribution in [0.2, 0.25) is 5.28 Å². The minimum absolute atomic E-state index is 0.132. The van der Waals surface area contributed by atoms with Gasteiger partial charge in [-0.3, -0.25) is 0 Å². The van der Waals surface area contributed by atoms with Crippen LogP contribution in [-0.2, 0) is 11.3 Å². The second kappa shape index (κ2) is 6.91. The first kappa shape index (κ1) is 14.3. The lowest BCUT2D eigenvalue weighted by Gasteiger charge is -2.12. The predicted octanol–water partition coefficient (Wildman–Crippen LogP) is 3.72. The number of hydrogen-bond donors (Lipinski definition) is 0. The highest BCUT2D eigenvalue weighted by Crippen LogP contribution is 2.25. The lowest BCUT2D eigenvalue weighted by molar-refractivity contribution is 0.281. The van der Waals surface area contributed by atoms with Crippen LogP contribution in [0.3, 0.4) is 0 Å². The van der Waals surface area contributed by atoms with Gasteiger partial charge in [-0.1, -0.05) is 36.9 Å². The van der Waals surface area contributed by atoms with Crippen LogP contribution in [0.4, 0.5) is 0 Å². The molecule has 4 nitrogen and oxygen atoms in total. The van der Waals surface area contributed by atoms with Crippen molar-refractivity contribution in [2.24, 2.45) is 0 Å². The van der Waals surface area contributed by atoms with Crippen LogP contribution in [0.1, 0.15) is 18.2 Å². The lowest BCUT2D eigenvalue weighted by atomic mass is 10.2. The minimum Gasteiger partial charge on any atom is -0.492 e. The molecule has 0 fully saturated rings. The van der Waals surface area contributed by atoms with Crippen molar-refractivity contribution in [1.29, 1.82) is 0 Å². The summed E-state index contributed by atoms with van der Waals surface area (Å²) in [4.78, 5) is 8.04. The molecule has 1 heterocycles. The normalized spacial score (nSPS) is 10.1. The van der Waals surface area contributed by atoms with Crippen molar-refractivity contribution >= 4 is 17.4 Å². The van der Waals surface area contributed by atoms with E-state index < -0.39 is 0 Å². The Bertz CT molecular complexity index is 588.